The van der Waals surface area contributed by atoms with E-state index in [2.05, 4.69) is 30.2 Å². The van der Waals surface area contributed by atoms with E-state index in [0.29, 0.717) is 11.1 Å². The van der Waals surface area contributed by atoms with Crippen LogP contribution in [0.2, 0.25) is 5.15 Å². The van der Waals surface area contributed by atoms with Crippen molar-refractivity contribution in [1.82, 2.24) is 15.0 Å². The van der Waals surface area contributed by atoms with Crippen molar-refractivity contribution in [2.24, 2.45) is 0 Å². The molecule has 1 aliphatic rings. The van der Waals surface area contributed by atoms with E-state index in [9.17, 15) is 0 Å². The maximum atomic E-state index is 6.64. The van der Waals surface area contributed by atoms with Crippen LogP contribution in [-0.2, 0) is 4.74 Å². The molecule has 26 heavy (non-hydrogen) atoms. The van der Waals surface area contributed by atoms with Crippen LogP contribution >= 0.6 is 22.9 Å². The molecule has 0 spiro atoms. The molecule has 0 amide bonds. The molecule has 0 unspecified atom stereocenters. The number of hydrogen-bond donors (Lipinski definition) is 1. The molecule has 3 heterocycles. The van der Waals surface area contributed by atoms with Gasteiger partial charge in [0.15, 0.2) is 0 Å². The largest absolute Gasteiger partial charge is 0.381 e. The summed E-state index contributed by atoms with van der Waals surface area (Å²) in [6, 6.07) is 8.32. The van der Waals surface area contributed by atoms with Gasteiger partial charge in [-0.15, -0.1) is 11.3 Å². The second-order valence-electron chi connectivity index (χ2n) is 6.77. The zero-order valence-corrected chi connectivity index (χ0v) is 16.4. The number of halogens is 1. The first-order chi connectivity index (χ1) is 12.6. The van der Waals surface area contributed by atoms with Crippen LogP contribution in [0.4, 0.5) is 5.82 Å². The number of nitrogens with zero attached hydrogens (tertiary/aromatic N) is 3. The quantitative estimate of drug-likeness (QED) is 0.628. The lowest BCUT2D eigenvalue weighted by molar-refractivity contribution is 0.0836. The molecule has 0 radical (unpaired) electrons. The summed E-state index contributed by atoms with van der Waals surface area (Å²) in [5.41, 5.74) is 1.75. The molecule has 1 aromatic carbocycles. The Labute approximate surface area is 161 Å². The van der Waals surface area contributed by atoms with Crippen molar-refractivity contribution in [3.05, 3.63) is 35.2 Å². The van der Waals surface area contributed by atoms with Crippen LogP contribution in [0.3, 0.4) is 0 Å². The lowest BCUT2D eigenvalue weighted by atomic mass is 9.99. The Morgan fingerprint density at radius 2 is 1.92 bits per heavy atom. The van der Waals surface area contributed by atoms with Gasteiger partial charge >= 0.3 is 0 Å². The predicted molar refractivity (Wildman–Crippen MR) is 107 cm³/mol. The van der Waals surface area contributed by atoms with E-state index in [4.69, 9.17) is 26.3 Å². The number of benzene rings is 1. The van der Waals surface area contributed by atoms with Crippen LogP contribution in [0.15, 0.2) is 24.3 Å². The van der Waals surface area contributed by atoms with E-state index in [-0.39, 0.29) is 6.04 Å². The highest BCUT2D eigenvalue weighted by atomic mass is 35.5. The summed E-state index contributed by atoms with van der Waals surface area (Å²) in [5.74, 6) is 1.85. The highest BCUT2D eigenvalue weighted by Gasteiger charge is 2.24. The standard InChI is InChI=1S/C19H21ClN4OS/c1-11(2)21-18-15(19-22-13-5-3-4-6-14(13)26-19)16(20)23-17(24-18)12-7-9-25-10-8-12/h3-6,11-12H,7-10H2,1-2H3,(H,21,23,24). The highest BCUT2D eigenvalue weighted by Crippen LogP contribution is 2.39. The van der Waals surface area contributed by atoms with Gasteiger partial charge in [0.25, 0.3) is 0 Å². The minimum atomic E-state index is 0.233. The van der Waals surface area contributed by atoms with Gasteiger partial charge in [0, 0.05) is 25.2 Å². The van der Waals surface area contributed by atoms with Gasteiger partial charge in [-0.25, -0.2) is 15.0 Å². The molecule has 0 saturated carbocycles. The van der Waals surface area contributed by atoms with E-state index < -0.39 is 0 Å². The van der Waals surface area contributed by atoms with E-state index in [0.717, 1.165) is 58.5 Å². The minimum Gasteiger partial charge on any atom is -0.381 e. The minimum absolute atomic E-state index is 0.233. The lowest BCUT2D eigenvalue weighted by Crippen LogP contribution is -2.19. The van der Waals surface area contributed by atoms with Gasteiger partial charge in [0.1, 0.15) is 21.8 Å². The van der Waals surface area contributed by atoms with Crippen LogP contribution < -0.4 is 5.32 Å². The summed E-state index contributed by atoms with van der Waals surface area (Å²) in [7, 11) is 0. The zero-order valence-electron chi connectivity index (χ0n) is 14.8. The summed E-state index contributed by atoms with van der Waals surface area (Å²) in [6.07, 6.45) is 1.86. The third-order valence-corrected chi connectivity index (χ3v) is 5.73. The van der Waals surface area contributed by atoms with E-state index in [1.54, 1.807) is 11.3 Å². The normalized spacial score (nSPS) is 15.7. The fourth-order valence-electron chi connectivity index (χ4n) is 3.13. The molecule has 1 N–H and O–H groups in total. The van der Waals surface area contributed by atoms with Crippen LogP contribution in [0, 0.1) is 0 Å². The van der Waals surface area contributed by atoms with Gasteiger partial charge in [-0.05, 0) is 38.8 Å². The number of nitrogens with one attached hydrogen (secondary N) is 1. The Morgan fingerprint density at radius 3 is 2.65 bits per heavy atom. The molecule has 5 nitrogen and oxygen atoms in total. The van der Waals surface area contributed by atoms with Gasteiger partial charge in [0.2, 0.25) is 0 Å². The zero-order chi connectivity index (χ0) is 18.1. The molecule has 0 aliphatic carbocycles. The summed E-state index contributed by atoms with van der Waals surface area (Å²) in [6.45, 7) is 5.68. The SMILES string of the molecule is CC(C)Nc1nc(C2CCOCC2)nc(Cl)c1-c1nc2ccccc2s1. The Balaban J connectivity index is 1.81. The Hall–Kier alpha value is -1.76. The first-order valence-corrected chi connectivity index (χ1v) is 10.1. The monoisotopic (exact) mass is 388 g/mol. The van der Waals surface area contributed by atoms with Crippen molar-refractivity contribution < 1.29 is 4.74 Å². The second-order valence-corrected chi connectivity index (χ2v) is 8.16. The smallest absolute Gasteiger partial charge is 0.145 e. The summed E-state index contributed by atoms with van der Waals surface area (Å²) >= 11 is 8.26. The van der Waals surface area contributed by atoms with Crippen molar-refractivity contribution in [3.63, 3.8) is 0 Å². The summed E-state index contributed by atoms with van der Waals surface area (Å²) < 4.78 is 6.59. The molecule has 1 aliphatic heterocycles. The highest BCUT2D eigenvalue weighted by molar-refractivity contribution is 7.21. The van der Waals surface area contributed by atoms with Gasteiger partial charge in [0.05, 0.1) is 15.8 Å². The number of aromatic nitrogens is 3. The van der Waals surface area contributed by atoms with Gasteiger partial charge in [-0.2, -0.15) is 0 Å². The number of fused-ring (bicyclic) bond motifs is 1. The number of hydrogen-bond acceptors (Lipinski definition) is 6. The molecular weight excluding hydrogens is 368 g/mol. The number of para-hydroxylation sites is 1. The topological polar surface area (TPSA) is 59.9 Å². The van der Waals surface area contributed by atoms with E-state index in [1.807, 2.05) is 18.2 Å². The summed E-state index contributed by atoms with van der Waals surface area (Å²) in [5, 5.41) is 4.74. The van der Waals surface area contributed by atoms with E-state index >= 15 is 0 Å². The first-order valence-electron chi connectivity index (χ1n) is 8.89. The Bertz CT molecular complexity index is 888. The second kappa shape index (κ2) is 7.47. The van der Waals surface area contributed by atoms with Crippen molar-refractivity contribution in [2.45, 2.75) is 38.6 Å². The average Bonchev–Trinajstić information content (AvgIpc) is 3.05. The van der Waals surface area contributed by atoms with Gasteiger partial charge in [-0.3, -0.25) is 0 Å². The maximum Gasteiger partial charge on any atom is 0.145 e. The lowest BCUT2D eigenvalue weighted by Gasteiger charge is -2.22. The Morgan fingerprint density at radius 1 is 1.15 bits per heavy atom. The van der Waals surface area contributed by atoms with E-state index in [1.165, 1.54) is 0 Å². The molecule has 4 rings (SSSR count). The molecular formula is C19H21ClN4OS. The fourth-order valence-corrected chi connectivity index (χ4v) is 4.47. The number of thiazole rings is 1. The third-order valence-electron chi connectivity index (χ3n) is 4.40. The number of rotatable bonds is 4. The molecule has 1 fully saturated rings. The summed E-state index contributed by atoms with van der Waals surface area (Å²) in [4.78, 5) is 14.2. The van der Waals surface area contributed by atoms with Crippen molar-refractivity contribution in [3.8, 4) is 10.6 Å². The Kier molecular flexibility index (Phi) is 5.07. The maximum absolute atomic E-state index is 6.64. The molecule has 136 valence electrons. The predicted octanol–water partition coefficient (Wildman–Crippen LogP) is 5.12. The van der Waals surface area contributed by atoms with Gasteiger partial charge < -0.3 is 10.1 Å². The molecule has 3 aromatic rings. The van der Waals surface area contributed by atoms with Crippen molar-refractivity contribution >= 4 is 39.0 Å². The van der Waals surface area contributed by atoms with Crippen LogP contribution in [-0.4, -0.2) is 34.2 Å². The average molecular weight is 389 g/mol. The van der Waals surface area contributed by atoms with Crippen LogP contribution in [0.25, 0.3) is 20.8 Å². The number of ether oxygens (including phenoxy) is 1. The fraction of sp³-hybridized carbons (Fsp3) is 0.421. The molecule has 7 heteroatoms. The van der Waals surface area contributed by atoms with Crippen molar-refractivity contribution in [1.29, 1.82) is 0 Å². The van der Waals surface area contributed by atoms with Crippen molar-refractivity contribution in [2.75, 3.05) is 18.5 Å². The van der Waals surface area contributed by atoms with Crippen LogP contribution in [0.1, 0.15) is 38.4 Å². The third kappa shape index (κ3) is 3.54. The van der Waals surface area contributed by atoms with Crippen LogP contribution in [0.5, 0.6) is 0 Å². The molecule has 1 saturated heterocycles. The first kappa shape index (κ1) is 17.6. The van der Waals surface area contributed by atoms with Gasteiger partial charge in [-0.1, -0.05) is 23.7 Å². The molecule has 0 atom stereocenters. The molecule has 2 aromatic heterocycles. The molecule has 0 bridgehead atoms. The number of anilines is 1.